The highest BCUT2D eigenvalue weighted by atomic mass is 16.7. The van der Waals surface area contributed by atoms with Gasteiger partial charge in [-0.1, -0.05) is 24.3 Å². The minimum atomic E-state index is -0.696. The third-order valence-electron chi connectivity index (χ3n) is 6.05. The number of nitrogens with one attached hydrogen (secondary N) is 2. The molecule has 3 aromatic carbocycles. The lowest BCUT2D eigenvalue weighted by Crippen LogP contribution is -2.27. The molecule has 31 heavy (non-hydrogen) atoms. The average molecular weight is 413 g/mol. The van der Waals surface area contributed by atoms with Gasteiger partial charge in [-0.15, -0.1) is 0 Å². The number of carbonyl (C=O) groups is 2. The molecule has 1 aliphatic heterocycles. The number of hydrogen-bond acceptors (Lipinski definition) is 4. The lowest BCUT2D eigenvalue weighted by molar-refractivity contribution is -0.118. The SMILES string of the molecule is Cc1cc(NC(=O)C2(c3ccc4c(c3)OCO4)CC2)ccc1-c1ccc(C([NH])=O)cc1. The van der Waals surface area contributed by atoms with Crippen LogP contribution in [0.5, 0.6) is 11.5 Å². The number of aryl methyl sites for hydroxylation is 1. The van der Waals surface area contributed by atoms with Crippen molar-refractivity contribution in [3.8, 4) is 22.6 Å². The largest absolute Gasteiger partial charge is 0.454 e. The standard InChI is InChI=1S/C25H21N2O4/c1-15-12-19(7-8-20(15)16-2-4-17(5-3-16)23(26)28)27-24(29)25(10-11-25)18-6-9-21-22(13-18)31-14-30-21/h2-9,12-13,26H,10-11,14H2,1H3,(H,27,29). The van der Waals surface area contributed by atoms with Gasteiger partial charge in [0.15, 0.2) is 11.5 Å². The van der Waals surface area contributed by atoms with Crippen molar-refractivity contribution < 1.29 is 19.1 Å². The van der Waals surface area contributed by atoms with Crippen LogP contribution in [0.2, 0.25) is 0 Å². The second-order valence-electron chi connectivity index (χ2n) is 8.04. The highest BCUT2D eigenvalue weighted by Gasteiger charge is 2.51. The number of amides is 2. The summed E-state index contributed by atoms with van der Waals surface area (Å²) in [5.41, 5.74) is 11.7. The molecule has 1 aliphatic carbocycles. The Hall–Kier alpha value is -3.80. The van der Waals surface area contributed by atoms with Gasteiger partial charge in [0.05, 0.1) is 5.41 Å². The second kappa shape index (κ2) is 7.16. The molecule has 2 amide bonds. The van der Waals surface area contributed by atoms with Gasteiger partial charge in [0.2, 0.25) is 12.7 Å². The Morgan fingerprint density at radius 3 is 2.35 bits per heavy atom. The minimum Gasteiger partial charge on any atom is -0.454 e. The molecule has 6 nitrogen and oxygen atoms in total. The van der Waals surface area contributed by atoms with E-state index in [0.717, 1.165) is 40.8 Å². The van der Waals surface area contributed by atoms with Gasteiger partial charge in [-0.05, 0) is 78.4 Å². The fourth-order valence-corrected chi connectivity index (χ4v) is 4.08. The van der Waals surface area contributed by atoms with E-state index in [0.29, 0.717) is 17.1 Å². The van der Waals surface area contributed by atoms with Gasteiger partial charge >= 0.3 is 0 Å². The van der Waals surface area contributed by atoms with Gasteiger partial charge < -0.3 is 14.8 Å². The summed E-state index contributed by atoms with van der Waals surface area (Å²) >= 11 is 0. The second-order valence-corrected chi connectivity index (χ2v) is 8.04. The molecule has 6 heteroatoms. The lowest BCUT2D eigenvalue weighted by Gasteiger charge is -2.17. The highest BCUT2D eigenvalue weighted by Crippen LogP contribution is 2.51. The molecule has 1 radical (unpaired) electrons. The minimum absolute atomic E-state index is 0.0168. The van der Waals surface area contributed by atoms with Crippen LogP contribution in [0, 0.1) is 6.92 Å². The van der Waals surface area contributed by atoms with Crippen LogP contribution in [0.4, 0.5) is 5.69 Å². The summed E-state index contributed by atoms with van der Waals surface area (Å²) in [7, 11) is 0. The highest BCUT2D eigenvalue weighted by molar-refractivity contribution is 6.01. The molecule has 1 saturated carbocycles. The third-order valence-corrected chi connectivity index (χ3v) is 6.05. The van der Waals surface area contributed by atoms with Crippen LogP contribution in [-0.4, -0.2) is 18.6 Å². The van der Waals surface area contributed by atoms with Gasteiger partial charge in [0.1, 0.15) is 0 Å². The summed E-state index contributed by atoms with van der Waals surface area (Å²) in [5.74, 6) is 0.691. The van der Waals surface area contributed by atoms with E-state index >= 15 is 0 Å². The van der Waals surface area contributed by atoms with E-state index in [1.165, 1.54) is 0 Å². The van der Waals surface area contributed by atoms with Gasteiger partial charge in [-0.3, -0.25) is 15.3 Å². The number of ether oxygens (including phenoxy) is 2. The van der Waals surface area contributed by atoms with Crippen molar-refractivity contribution in [3.63, 3.8) is 0 Å². The predicted molar refractivity (Wildman–Crippen MR) is 116 cm³/mol. The summed E-state index contributed by atoms with van der Waals surface area (Å²) in [6, 6.07) is 18.5. The van der Waals surface area contributed by atoms with Crippen LogP contribution in [-0.2, 0) is 10.2 Å². The summed E-state index contributed by atoms with van der Waals surface area (Å²) in [6.45, 7) is 2.20. The third kappa shape index (κ3) is 3.40. The van der Waals surface area contributed by atoms with Gasteiger partial charge in [0, 0.05) is 11.3 Å². The molecule has 2 aliphatic rings. The lowest BCUT2D eigenvalue weighted by atomic mass is 9.94. The Labute approximate surface area is 180 Å². The molecule has 3 aromatic rings. The van der Waals surface area contributed by atoms with Crippen molar-refractivity contribution in [3.05, 3.63) is 77.4 Å². The quantitative estimate of drug-likeness (QED) is 0.668. The maximum absolute atomic E-state index is 13.1. The monoisotopic (exact) mass is 413 g/mol. The first-order valence-electron chi connectivity index (χ1n) is 10.1. The maximum atomic E-state index is 13.1. The Kier molecular flexibility index (Phi) is 4.43. The molecule has 0 saturated heterocycles. The molecule has 0 bridgehead atoms. The summed E-state index contributed by atoms with van der Waals surface area (Å²) in [6.07, 6.45) is 1.60. The molecule has 5 rings (SSSR count). The van der Waals surface area contributed by atoms with E-state index in [1.807, 2.05) is 55.5 Å². The normalized spacial score (nSPS) is 15.4. The molecule has 1 heterocycles. The van der Waals surface area contributed by atoms with Gasteiger partial charge in [-0.2, -0.15) is 0 Å². The molecule has 155 valence electrons. The van der Waals surface area contributed by atoms with E-state index in [-0.39, 0.29) is 12.7 Å². The average Bonchev–Trinajstić information content (AvgIpc) is 3.45. The van der Waals surface area contributed by atoms with E-state index in [2.05, 4.69) is 5.32 Å². The fourth-order valence-electron chi connectivity index (χ4n) is 4.08. The summed E-state index contributed by atoms with van der Waals surface area (Å²) in [4.78, 5) is 24.3. The van der Waals surface area contributed by atoms with Gasteiger partial charge in [0.25, 0.3) is 5.91 Å². The first-order valence-corrected chi connectivity index (χ1v) is 10.1. The molecular weight excluding hydrogens is 392 g/mol. The van der Waals surface area contributed by atoms with Crippen LogP contribution >= 0.6 is 0 Å². The molecule has 0 atom stereocenters. The number of carbonyl (C=O) groups excluding carboxylic acids is 2. The van der Waals surface area contributed by atoms with E-state index in [4.69, 9.17) is 15.2 Å². The molecule has 0 unspecified atom stereocenters. The van der Waals surface area contributed by atoms with E-state index in [9.17, 15) is 9.59 Å². The van der Waals surface area contributed by atoms with Gasteiger partial charge in [-0.25, -0.2) is 0 Å². The number of rotatable bonds is 5. The first-order chi connectivity index (χ1) is 15.0. The van der Waals surface area contributed by atoms with Crippen molar-refractivity contribution in [1.29, 1.82) is 0 Å². The smallest absolute Gasteiger partial charge is 0.269 e. The molecule has 1 fully saturated rings. The maximum Gasteiger partial charge on any atom is 0.269 e. The van der Waals surface area contributed by atoms with E-state index in [1.54, 1.807) is 12.1 Å². The van der Waals surface area contributed by atoms with Crippen LogP contribution < -0.4 is 20.5 Å². The Morgan fingerprint density at radius 1 is 0.935 bits per heavy atom. The molecule has 0 aromatic heterocycles. The fraction of sp³-hybridized carbons (Fsp3) is 0.200. The number of hydrogen-bond donors (Lipinski definition) is 1. The van der Waals surface area contributed by atoms with Crippen LogP contribution in [0.15, 0.2) is 60.7 Å². The van der Waals surface area contributed by atoms with Crippen LogP contribution in [0.25, 0.3) is 11.1 Å². The number of benzene rings is 3. The zero-order valence-electron chi connectivity index (χ0n) is 17.0. The zero-order chi connectivity index (χ0) is 21.6. The topological polar surface area (TPSA) is 88.4 Å². The predicted octanol–water partition coefficient (Wildman–Crippen LogP) is 4.48. The van der Waals surface area contributed by atoms with Crippen LogP contribution in [0.1, 0.15) is 34.3 Å². The van der Waals surface area contributed by atoms with E-state index < -0.39 is 11.3 Å². The molecular formula is C25H21N2O4. The number of anilines is 1. The molecule has 2 N–H and O–H groups in total. The van der Waals surface area contributed by atoms with Crippen molar-refractivity contribution in [2.24, 2.45) is 0 Å². The van der Waals surface area contributed by atoms with Crippen molar-refractivity contribution in [2.45, 2.75) is 25.2 Å². The zero-order valence-corrected chi connectivity index (χ0v) is 17.0. The molecule has 0 spiro atoms. The Balaban J connectivity index is 1.35. The first kappa shape index (κ1) is 19.2. The van der Waals surface area contributed by atoms with Crippen molar-refractivity contribution in [1.82, 2.24) is 5.73 Å². The summed E-state index contributed by atoms with van der Waals surface area (Å²) < 4.78 is 10.8. The summed E-state index contributed by atoms with van der Waals surface area (Å²) in [5, 5.41) is 3.07. The van der Waals surface area contributed by atoms with Crippen LogP contribution in [0.3, 0.4) is 0 Å². The Morgan fingerprint density at radius 2 is 1.68 bits per heavy atom. The van der Waals surface area contributed by atoms with Crippen molar-refractivity contribution in [2.75, 3.05) is 12.1 Å². The van der Waals surface area contributed by atoms with Crippen molar-refractivity contribution >= 4 is 17.5 Å². The number of fused-ring (bicyclic) bond motifs is 1. The Bertz CT molecular complexity index is 1200.